The average Bonchev–Trinajstić information content (AvgIpc) is 2.39. The van der Waals surface area contributed by atoms with Gasteiger partial charge in [-0.25, -0.2) is 0 Å². The maximum Gasteiger partial charge on any atom is 0.504 e. The molecule has 1 aromatic rings. The zero-order valence-electron chi connectivity index (χ0n) is 12.8. The van der Waals surface area contributed by atoms with Crippen LogP contribution in [-0.4, -0.2) is 28.6 Å². The highest BCUT2D eigenvalue weighted by Gasteiger charge is 2.54. The van der Waals surface area contributed by atoms with Gasteiger partial charge in [-0.05, 0) is 45.1 Å². The third kappa shape index (κ3) is 3.31. The largest absolute Gasteiger partial charge is 0.504 e. The van der Waals surface area contributed by atoms with Crippen molar-refractivity contribution in [2.24, 2.45) is 0 Å². The molecule has 0 heterocycles. The number of benzene rings is 1. The predicted molar refractivity (Wildman–Crippen MR) is 82.8 cm³/mol. The molecule has 2 rings (SSSR count). The van der Waals surface area contributed by atoms with Gasteiger partial charge in [-0.2, -0.15) is 0 Å². The van der Waals surface area contributed by atoms with Gasteiger partial charge in [0.15, 0.2) is 0 Å². The summed E-state index contributed by atoms with van der Waals surface area (Å²) in [5, 5.41) is 0. The fourth-order valence-corrected chi connectivity index (χ4v) is 6.30. The molecule has 1 aliphatic carbocycles. The molecular formula is C16H26O3Si. The maximum atomic E-state index is 5.99. The molecule has 0 unspecified atom stereocenters. The Morgan fingerprint density at radius 2 is 1.40 bits per heavy atom. The standard InChI is InChI=1S/C16H26O3Si/c1-4-17-20(18-5-2,19-6-3)16-12-15(13-16)14-10-8-7-9-11-14/h7-11,15-16H,4-6,12-13H2,1-3H3. The molecule has 112 valence electrons. The Labute approximate surface area is 123 Å². The van der Waals surface area contributed by atoms with E-state index in [4.69, 9.17) is 13.3 Å². The van der Waals surface area contributed by atoms with Crippen LogP contribution in [0.1, 0.15) is 45.1 Å². The van der Waals surface area contributed by atoms with E-state index in [-0.39, 0.29) is 0 Å². The molecule has 0 aliphatic heterocycles. The van der Waals surface area contributed by atoms with Crippen molar-refractivity contribution in [3.05, 3.63) is 35.9 Å². The summed E-state index contributed by atoms with van der Waals surface area (Å²) < 4.78 is 18.0. The van der Waals surface area contributed by atoms with E-state index >= 15 is 0 Å². The van der Waals surface area contributed by atoms with Crippen LogP contribution in [0.3, 0.4) is 0 Å². The van der Waals surface area contributed by atoms with Gasteiger partial charge in [0.05, 0.1) is 0 Å². The van der Waals surface area contributed by atoms with Crippen molar-refractivity contribution in [2.75, 3.05) is 19.8 Å². The minimum absolute atomic E-state index is 0.451. The van der Waals surface area contributed by atoms with Gasteiger partial charge in [-0.3, -0.25) is 0 Å². The SMILES string of the molecule is CCO[Si](OCC)(OCC)C1CC(c2ccccc2)C1. The Morgan fingerprint density at radius 1 is 0.900 bits per heavy atom. The Balaban J connectivity index is 2.02. The van der Waals surface area contributed by atoms with Crippen molar-refractivity contribution in [3.8, 4) is 0 Å². The third-order valence-corrected chi connectivity index (χ3v) is 7.49. The molecule has 1 aliphatic rings. The first-order chi connectivity index (χ1) is 9.75. The second-order valence-electron chi connectivity index (χ2n) is 5.18. The molecule has 4 heteroatoms. The summed E-state index contributed by atoms with van der Waals surface area (Å²) in [5.74, 6) is 0.634. The van der Waals surface area contributed by atoms with Gasteiger partial charge in [0.25, 0.3) is 0 Å². The van der Waals surface area contributed by atoms with Crippen molar-refractivity contribution in [3.63, 3.8) is 0 Å². The van der Waals surface area contributed by atoms with E-state index in [1.807, 2.05) is 20.8 Å². The van der Waals surface area contributed by atoms with E-state index in [2.05, 4.69) is 30.3 Å². The van der Waals surface area contributed by atoms with Gasteiger partial charge >= 0.3 is 8.80 Å². The summed E-state index contributed by atoms with van der Waals surface area (Å²) in [7, 11) is -2.49. The molecule has 0 saturated heterocycles. The number of hydrogen-bond donors (Lipinski definition) is 0. The fraction of sp³-hybridized carbons (Fsp3) is 0.625. The molecule has 1 fully saturated rings. The first kappa shape index (κ1) is 15.7. The summed E-state index contributed by atoms with van der Waals surface area (Å²) in [5.41, 5.74) is 1.88. The molecule has 0 N–H and O–H groups in total. The van der Waals surface area contributed by atoms with Gasteiger partial charge < -0.3 is 13.3 Å². The normalized spacial score (nSPS) is 22.6. The molecular weight excluding hydrogens is 268 g/mol. The molecule has 1 aromatic carbocycles. The highest BCUT2D eigenvalue weighted by atomic mass is 28.4. The molecule has 0 bridgehead atoms. The second-order valence-corrected chi connectivity index (χ2v) is 8.07. The van der Waals surface area contributed by atoms with Crippen molar-refractivity contribution in [2.45, 2.75) is 45.1 Å². The lowest BCUT2D eigenvalue weighted by atomic mass is 9.79. The lowest BCUT2D eigenvalue weighted by Gasteiger charge is -2.44. The highest BCUT2D eigenvalue weighted by Crippen LogP contribution is 2.51. The lowest BCUT2D eigenvalue weighted by molar-refractivity contribution is 0.0479. The summed E-state index contributed by atoms with van der Waals surface area (Å²) in [4.78, 5) is 0. The van der Waals surface area contributed by atoms with E-state index in [0.717, 1.165) is 12.8 Å². The highest BCUT2D eigenvalue weighted by molar-refractivity contribution is 6.62. The predicted octanol–water partition coefficient (Wildman–Crippen LogP) is 3.98. The van der Waals surface area contributed by atoms with Gasteiger partial charge in [-0.1, -0.05) is 30.3 Å². The average molecular weight is 294 g/mol. The third-order valence-electron chi connectivity index (χ3n) is 3.95. The second kappa shape index (κ2) is 7.36. The minimum Gasteiger partial charge on any atom is -0.374 e. The quantitative estimate of drug-likeness (QED) is 0.679. The van der Waals surface area contributed by atoms with Crippen LogP contribution in [0.2, 0.25) is 5.54 Å². The Morgan fingerprint density at radius 3 is 1.85 bits per heavy atom. The van der Waals surface area contributed by atoms with Gasteiger partial charge in [-0.15, -0.1) is 0 Å². The first-order valence-electron chi connectivity index (χ1n) is 7.72. The molecule has 1 saturated carbocycles. The topological polar surface area (TPSA) is 27.7 Å². The fourth-order valence-electron chi connectivity index (χ4n) is 2.99. The summed E-state index contributed by atoms with van der Waals surface area (Å²) in [6, 6.07) is 10.7. The van der Waals surface area contributed by atoms with Gasteiger partial charge in [0, 0.05) is 25.4 Å². The van der Waals surface area contributed by atoms with Crippen LogP contribution in [0.25, 0.3) is 0 Å². The minimum atomic E-state index is -2.49. The van der Waals surface area contributed by atoms with E-state index in [1.165, 1.54) is 5.56 Å². The van der Waals surface area contributed by atoms with E-state index in [1.54, 1.807) is 0 Å². The Kier molecular flexibility index (Phi) is 5.78. The zero-order chi connectivity index (χ0) is 14.4. The van der Waals surface area contributed by atoms with E-state index in [9.17, 15) is 0 Å². The van der Waals surface area contributed by atoms with Crippen LogP contribution in [0.5, 0.6) is 0 Å². The van der Waals surface area contributed by atoms with Crippen LogP contribution in [0.15, 0.2) is 30.3 Å². The first-order valence-corrected chi connectivity index (χ1v) is 9.52. The lowest BCUT2D eigenvalue weighted by Crippen LogP contribution is -2.53. The number of rotatable bonds is 8. The van der Waals surface area contributed by atoms with Crippen molar-refractivity contribution < 1.29 is 13.3 Å². The molecule has 3 nitrogen and oxygen atoms in total. The molecule has 0 aromatic heterocycles. The van der Waals surface area contributed by atoms with Crippen LogP contribution in [0, 0.1) is 0 Å². The van der Waals surface area contributed by atoms with E-state index in [0.29, 0.717) is 31.3 Å². The van der Waals surface area contributed by atoms with Crippen LogP contribution >= 0.6 is 0 Å². The smallest absolute Gasteiger partial charge is 0.374 e. The molecule has 0 radical (unpaired) electrons. The summed E-state index contributed by atoms with van der Waals surface area (Å²) in [6.45, 7) is 8.06. The summed E-state index contributed by atoms with van der Waals surface area (Å²) >= 11 is 0. The molecule has 0 amide bonds. The molecule has 0 atom stereocenters. The van der Waals surface area contributed by atoms with Crippen molar-refractivity contribution in [1.29, 1.82) is 0 Å². The molecule has 0 spiro atoms. The summed E-state index contributed by atoms with van der Waals surface area (Å²) in [6.07, 6.45) is 2.24. The monoisotopic (exact) mass is 294 g/mol. The zero-order valence-corrected chi connectivity index (χ0v) is 13.8. The van der Waals surface area contributed by atoms with E-state index < -0.39 is 8.80 Å². The van der Waals surface area contributed by atoms with Gasteiger partial charge in [0.1, 0.15) is 0 Å². The van der Waals surface area contributed by atoms with Crippen molar-refractivity contribution >= 4 is 8.80 Å². The maximum absolute atomic E-state index is 5.99. The Bertz CT molecular complexity index is 373. The number of hydrogen-bond acceptors (Lipinski definition) is 3. The Hall–Kier alpha value is -0.683. The van der Waals surface area contributed by atoms with Crippen LogP contribution < -0.4 is 0 Å². The van der Waals surface area contributed by atoms with Crippen molar-refractivity contribution in [1.82, 2.24) is 0 Å². The van der Waals surface area contributed by atoms with Crippen LogP contribution in [-0.2, 0) is 13.3 Å². The van der Waals surface area contributed by atoms with Crippen LogP contribution in [0.4, 0.5) is 0 Å². The molecule has 20 heavy (non-hydrogen) atoms. The van der Waals surface area contributed by atoms with Gasteiger partial charge in [0.2, 0.25) is 0 Å².